The van der Waals surface area contributed by atoms with Crippen molar-refractivity contribution in [2.45, 2.75) is 45.2 Å². The molecule has 0 spiro atoms. The van der Waals surface area contributed by atoms with E-state index in [1.165, 1.54) is 31.4 Å². The van der Waals surface area contributed by atoms with E-state index in [2.05, 4.69) is 41.9 Å². The van der Waals surface area contributed by atoms with Crippen molar-refractivity contribution in [1.29, 1.82) is 0 Å². The first kappa shape index (κ1) is 14.1. The molecule has 1 aliphatic heterocycles. The number of benzene rings is 1. The molecule has 1 unspecified atom stereocenters. The first-order chi connectivity index (χ1) is 9.33. The first-order valence-corrected chi connectivity index (χ1v) is 7.26. The van der Waals surface area contributed by atoms with Crippen LogP contribution in [0, 0.1) is 11.8 Å². The summed E-state index contributed by atoms with van der Waals surface area (Å²) in [6.07, 6.45) is 4.46. The molecule has 2 rings (SSSR count). The Labute approximate surface area is 116 Å². The van der Waals surface area contributed by atoms with Gasteiger partial charge in [0.15, 0.2) is 0 Å². The zero-order chi connectivity index (χ0) is 13.5. The Kier molecular flexibility index (Phi) is 5.44. The third-order valence-electron chi connectivity index (χ3n) is 3.75. The van der Waals surface area contributed by atoms with Gasteiger partial charge >= 0.3 is 0 Å². The summed E-state index contributed by atoms with van der Waals surface area (Å²) in [5, 5.41) is 8.74. The van der Waals surface area contributed by atoms with E-state index >= 15 is 0 Å². The van der Waals surface area contributed by atoms with E-state index in [0.717, 1.165) is 18.2 Å². The lowest BCUT2D eigenvalue weighted by Crippen LogP contribution is -2.28. The monoisotopic (exact) mass is 257 g/mol. The highest BCUT2D eigenvalue weighted by atomic mass is 16.2. The van der Waals surface area contributed by atoms with Crippen molar-refractivity contribution in [3.05, 3.63) is 35.4 Å². The summed E-state index contributed by atoms with van der Waals surface area (Å²) in [5.74, 6) is 6.09. The molecule has 0 saturated carbocycles. The Morgan fingerprint density at radius 3 is 3.11 bits per heavy atom. The molecular formula is C17H23NO. The van der Waals surface area contributed by atoms with Crippen LogP contribution in [0.15, 0.2) is 24.3 Å². The van der Waals surface area contributed by atoms with Crippen molar-refractivity contribution in [2.75, 3.05) is 13.2 Å². The highest BCUT2D eigenvalue weighted by Crippen LogP contribution is 2.22. The number of hydrogen-bond donors (Lipinski definition) is 1. The Hall–Kier alpha value is -1.30. The van der Waals surface area contributed by atoms with Crippen LogP contribution in [0.1, 0.15) is 43.7 Å². The van der Waals surface area contributed by atoms with Crippen molar-refractivity contribution >= 4 is 0 Å². The van der Waals surface area contributed by atoms with E-state index in [0.29, 0.717) is 6.42 Å². The molecule has 102 valence electrons. The van der Waals surface area contributed by atoms with E-state index < -0.39 is 0 Å². The molecule has 1 heterocycles. The van der Waals surface area contributed by atoms with Gasteiger partial charge < -0.3 is 5.11 Å². The summed E-state index contributed by atoms with van der Waals surface area (Å²) in [5.41, 5.74) is 2.40. The fourth-order valence-electron chi connectivity index (χ4n) is 2.77. The van der Waals surface area contributed by atoms with Gasteiger partial charge in [0.05, 0.1) is 6.61 Å². The molecule has 0 amide bonds. The van der Waals surface area contributed by atoms with Gasteiger partial charge in [0.25, 0.3) is 0 Å². The Balaban J connectivity index is 2.01. The molecule has 1 aliphatic rings. The van der Waals surface area contributed by atoms with Gasteiger partial charge in [-0.2, -0.15) is 0 Å². The zero-order valence-corrected chi connectivity index (χ0v) is 11.7. The van der Waals surface area contributed by atoms with Crippen LogP contribution in [-0.2, 0) is 6.54 Å². The van der Waals surface area contributed by atoms with Gasteiger partial charge in [-0.15, -0.1) is 0 Å². The normalized spacial score (nSPS) is 19.2. The minimum absolute atomic E-state index is 0.138. The van der Waals surface area contributed by atoms with Crippen molar-refractivity contribution in [3.63, 3.8) is 0 Å². The molecule has 1 atom stereocenters. The number of hydrogen-bond acceptors (Lipinski definition) is 2. The highest BCUT2D eigenvalue weighted by molar-refractivity contribution is 5.37. The minimum Gasteiger partial charge on any atom is -0.395 e. The molecule has 1 saturated heterocycles. The van der Waals surface area contributed by atoms with Crippen LogP contribution in [0.5, 0.6) is 0 Å². The van der Waals surface area contributed by atoms with E-state index in [-0.39, 0.29) is 6.61 Å². The highest BCUT2D eigenvalue weighted by Gasteiger charge is 2.22. The van der Waals surface area contributed by atoms with Gasteiger partial charge in [-0.05, 0) is 43.5 Å². The first-order valence-electron chi connectivity index (χ1n) is 7.26. The van der Waals surface area contributed by atoms with Gasteiger partial charge in [0.2, 0.25) is 0 Å². The molecule has 0 radical (unpaired) electrons. The second-order valence-corrected chi connectivity index (χ2v) is 5.15. The number of aliphatic hydroxyl groups excluding tert-OH is 1. The van der Waals surface area contributed by atoms with Crippen molar-refractivity contribution < 1.29 is 5.11 Å². The minimum atomic E-state index is 0.138. The molecular weight excluding hydrogens is 234 g/mol. The number of nitrogens with zero attached hydrogens (tertiary/aromatic N) is 1. The summed E-state index contributed by atoms with van der Waals surface area (Å²) in [6.45, 7) is 4.67. The quantitative estimate of drug-likeness (QED) is 0.838. The van der Waals surface area contributed by atoms with Crippen LogP contribution in [0.2, 0.25) is 0 Å². The van der Waals surface area contributed by atoms with E-state index in [1.54, 1.807) is 0 Å². The predicted octanol–water partition coefficient (Wildman–Crippen LogP) is 2.79. The van der Waals surface area contributed by atoms with Gasteiger partial charge in [0.1, 0.15) is 0 Å². The van der Waals surface area contributed by atoms with Gasteiger partial charge in [0, 0.05) is 24.6 Å². The van der Waals surface area contributed by atoms with Crippen LogP contribution in [-0.4, -0.2) is 29.2 Å². The molecule has 1 aromatic carbocycles. The Morgan fingerprint density at radius 2 is 2.32 bits per heavy atom. The Bertz CT molecular complexity index is 458. The molecule has 2 heteroatoms. The van der Waals surface area contributed by atoms with Crippen LogP contribution in [0.25, 0.3) is 0 Å². The molecule has 0 aliphatic carbocycles. The van der Waals surface area contributed by atoms with Crippen LogP contribution < -0.4 is 0 Å². The van der Waals surface area contributed by atoms with Gasteiger partial charge in [-0.25, -0.2) is 0 Å². The van der Waals surface area contributed by atoms with Crippen molar-refractivity contribution in [2.24, 2.45) is 0 Å². The molecule has 1 aromatic rings. The molecule has 1 fully saturated rings. The summed E-state index contributed by atoms with van der Waals surface area (Å²) in [6, 6.07) is 9.23. The topological polar surface area (TPSA) is 23.5 Å². The third-order valence-corrected chi connectivity index (χ3v) is 3.75. The smallest absolute Gasteiger partial charge is 0.0540 e. The third kappa shape index (κ3) is 4.09. The maximum absolute atomic E-state index is 8.74. The van der Waals surface area contributed by atoms with Gasteiger partial charge in [-0.3, -0.25) is 4.90 Å². The molecule has 19 heavy (non-hydrogen) atoms. The maximum Gasteiger partial charge on any atom is 0.0540 e. The van der Waals surface area contributed by atoms with Gasteiger partial charge in [-0.1, -0.05) is 30.9 Å². The fraction of sp³-hybridized carbons (Fsp3) is 0.529. The lowest BCUT2D eigenvalue weighted by Gasteiger charge is -2.23. The average molecular weight is 257 g/mol. The standard InChI is InChI=1S/C17H23NO/c1-2-17-10-6-11-18(17)14-16-9-5-8-15(13-16)7-3-4-12-19/h5,8-9,13,17,19H,2,4,6,10-12,14H2,1H3. The number of aliphatic hydroxyl groups is 1. The largest absolute Gasteiger partial charge is 0.395 e. The number of rotatable bonds is 4. The summed E-state index contributed by atoms with van der Waals surface area (Å²) in [4.78, 5) is 2.58. The summed E-state index contributed by atoms with van der Waals surface area (Å²) >= 11 is 0. The zero-order valence-electron chi connectivity index (χ0n) is 11.7. The van der Waals surface area contributed by atoms with Crippen LogP contribution >= 0.6 is 0 Å². The van der Waals surface area contributed by atoms with Crippen molar-refractivity contribution in [1.82, 2.24) is 4.90 Å². The SMILES string of the molecule is CCC1CCCN1Cc1cccc(C#CCCO)c1. The predicted molar refractivity (Wildman–Crippen MR) is 78.7 cm³/mol. The molecule has 0 aromatic heterocycles. The lowest BCUT2D eigenvalue weighted by molar-refractivity contribution is 0.240. The van der Waals surface area contributed by atoms with E-state index in [4.69, 9.17) is 5.11 Å². The lowest BCUT2D eigenvalue weighted by atomic mass is 10.1. The molecule has 1 N–H and O–H groups in total. The number of likely N-dealkylation sites (tertiary alicyclic amines) is 1. The van der Waals surface area contributed by atoms with E-state index in [1.807, 2.05) is 6.07 Å². The van der Waals surface area contributed by atoms with E-state index in [9.17, 15) is 0 Å². The average Bonchev–Trinajstić information content (AvgIpc) is 2.87. The Morgan fingerprint density at radius 1 is 1.42 bits per heavy atom. The van der Waals surface area contributed by atoms with Crippen LogP contribution in [0.3, 0.4) is 0 Å². The van der Waals surface area contributed by atoms with Crippen LogP contribution in [0.4, 0.5) is 0 Å². The second kappa shape index (κ2) is 7.33. The maximum atomic E-state index is 8.74. The summed E-state index contributed by atoms with van der Waals surface area (Å²) < 4.78 is 0. The second-order valence-electron chi connectivity index (χ2n) is 5.15. The van der Waals surface area contributed by atoms with Crippen molar-refractivity contribution in [3.8, 4) is 11.8 Å². The molecule has 0 bridgehead atoms. The fourth-order valence-corrected chi connectivity index (χ4v) is 2.77. The summed E-state index contributed by atoms with van der Waals surface area (Å²) in [7, 11) is 0. The molecule has 2 nitrogen and oxygen atoms in total.